The molecule has 5 fully saturated rings. The molecule has 5 saturated carbocycles. The van der Waals surface area contributed by atoms with E-state index in [1.54, 1.807) is 0 Å². The van der Waals surface area contributed by atoms with Crippen molar-refractivity contribution in [1.82, 2.24) is 10.6 Å². The SMILES string of the molecule is CC(C)C1=C2C3CCC4C(C)(CCC5C(C)(C)C(CC(=O)C6CC(C(=O)O)C6C)CCC54C)C3CCC2(CCNCC(O)NC=O)CC1=O. The van der Waals surface area contributed by atoms with Crippen LogP contribution in [0.4, 0.5) is 0 Å². The average Bonchev–Trinajstić information content (AvgIpc) is 3.32. The zero-order chi connectivity index (χ0) is 35.7. The molecule has 0 aromatic carbocycles. The third-order valence-electron chi connectivity index (χ3n) is 16.3. The smallest absolute Gasteiger partial charge is 0.306 e. The summed E-state index contributed by atoms with van der Waals surface area (Å²) in [6.45, 7) is 17.4. The Kier molecular flexibility index (Phi) is 9.87. The van der Waals surface area contributed by atoms with Gasteiger partial charge in [0.15, 0.2) is 5.78 Å². The molecular formula is C41H64N2O6. The normalized spacial score (nSPS) is 43.1. The van der Waals surface area contributed by atoms with Crippen LogP contribution in [-0.2, 0) is 19.2 Å². The molecule has 0 bridgehead atoms. The number of ketones is 2. The lowest BCUT2D eigenvalue weighted by atomic mass is 9.35. The van der Waals surface area contributed by atoms with Crippen molar-refractivity contribution >= 4 is 23.9 Å². The van der Waals surface area contributed by atoms with E-state index in [4.69, 9.17) is 0 Å². The third-order valence-corrected chi connectivity index (χ3v) is 16.3. The van der Waals surface area contributed by atoms with E-state index in [0.717, 1.165) is 44.1 Å². The van der Waals surface area contributed by atoms with E-state index in [1.165, 1.54) is 24.8 Å². The molecule has 1 amide bonds. The largest absolute Gasteiger partial charge is 0.481 e. The number of carboxylic acids is 1. The van der Waals surface area contributed by atoms with Crippen LogP contribution in [-0.4, -0.2) is 53.5 Å². The summed E-state index contributed by atoms with van der Waals surface area (Å²) in [6, 6.07) is 0. The molecule has 6 rings (SSSR count). The number of nitrogens with one attached hydrogen (secondary N) is 2. The topological polar surface area (TPSA) is 133 Å². The highest BCUT2D eigenvalue weighted by Gasteiger charge is 2.66. The number of rotatable bonds is 12. The van der Waals surface area contributed by atoms with Crippen LogP contribution < -0.4 is 10.6 Å². The first kappa shape index (κ1) is 36.7. The number of amides is 1. The Morgan fingerprint density at radius 1 is 0.959 bits per heavy atom. The molecule has 0 spiro atoms. The van der Waals surface area contributed by atoms with Crippen molar-refractivity contribution in [1.29, 1.82) is 0 Å². The Labute approximate surface area is 294 Å². The summed E-state index contributed by atoms with van der Waals surface area (Å²) < 4.78 is 0. The summed E-state index contributed by atoms with van der Waals surface area (Å²) in [5.41, 5.74) is 2.98. The minimum absolute atomic E-state index is 0.0504. The fourth-order valence-corrected chi connectivity index (χ4v) is 13.8. The van der Waals surface area contributed by atoms with Crippen LogP contribution in [0.2, 0.25) is 0 Å². The Balaban J connectivity index is 1.20. The minimum atomic E-state index is -0.914. The molecule has 6 aliphatic rings. The Bertz CT molecular complexity index is 1370. The van der Waals surface area contributed by atoms with Crippen molar-refractivity contribution in [3.8, 4) is 0 Å². The van der Waals surface area contributed by atoms with Crippen molar-refractivity contribution < 1.29 is 29.4 Å². The maximum absolute atomic E-state index is 13.8. The van der Waals surface area contributed by atoms with Gasteiger partial charge in [-0.2, -0.15) is 0 Å². The van der Waals surface area contributed by atoms with Crippen LogP contribution >= 0.6 is 0 Å². The molecule has 0 aromatic rings. The number of aliphatic carboxylic acids is 1. The van der Waals surface area contributed by atoms with Crippen LogP contribution in [0, 0.1) is 74.9 Å². The first-order valence-corrected chi connectivity index (χ1v) is 19.6. The summed E-state index contributed by atoms with van der Waals surface area (Å²) in [5.74, 6) is 2.12. The fraction of sp³-hybridized carbons (Fsp3) is 0.854. The molecule has 12 atom stereocenters. The molecule has 4 N–H and O–H groups in total. The van der Waals surface area contributed by atoms with Crippen LogP contribution in [0.5, 0.6) is 0 Å². The van der Waals surface area contributed by atoms with Crippen molar-refractivity contribution in [2.45, 2.75) is 132 Å². The third kappa shape index (κ3) is 5.87. The monoisotopic (exact) mass is 680 g/mol. The van der Waals surface area contributed by atoms with Gasteiger partial charge in [-0.1, -0.05) is 54.0 Å². The van der Waals surface area contributed by atoms with Crippen LogP contribution in [0.1, 0.15) is 126 Å². The van der Waals surface area contributed by atoms with Crippen molar-refractivity contribution in [2.75, 3.05) is 13.1 Å². The summed E-state index contributed by atoms with van der Waals surface area (Å²) in [7, 11) is 0. The number of Topliss-reactive ketones (excluding diaryl/α,β-unsaturated/α-hetero) is 2. The maximum Gasteiger partial charge on any atom is 0.306 e. The number of hydrogen-bond acceptors (Lipinski definition) is 6. The van der Waals surface area contributed by atoms with E-state index < -0.39 is 12.2 Å². The van der Waals surface area contributed by atoms with E-state index >= 15 is 0 Å². The minimum Gasteiger partial charge on any atom is -0.481 e. The number of carboxylic acid groups (broad SMARTS) is 1. The maximum atomic E-state index is 13.8. The molecule has 49 heavy (non-hydrogen) atoms. The molecule has 0 aromatic heterocycles. The lowest BCUT2D eigenvalue weighted by molar-refractivity contribution is -0.193. The number of allylic oxidation sites excluding steroid dienone is 2. The average molecular weight is 681 g/mol. The summed E-state index contributed by atoms with van der Waals surface area (Å²) >= 11 is 0. The summed E-state index contributed by atoms with van der Waals surface area (Å²) in [5, 5.41) is 25.2. The van der Waals surface area contributed by atoms with E-state index in [-0.39, 0.29) is 45.3 Å². The molecular weight excluding hydrogens is 616 g/mol. The predicted molar refractivity (Wildman–Crippen MR) is 189 cm³/mol. The number of hydrogen-bond donors (Lipinski definition) is 4. The van der Waals surface area contributed by atoms with Gasteiger partial charge in [-0.05, 0) is 134 Å². The molecule has 12 unspecified atom stereocenters. The van der Waals surface area contributed by atoms with E-state index in [2.05, 4.69) is 52.2 Å². The summed E-state index contributed by atoms with van der Waals surface area (Å²) in [4.78, 5) is 49.6. The second kappa shape index (κ2) is 13.2. The lowest BCUT2D eigenvalue weighted by Gasteiger charge is -2.69. The first-order valence-electron chi connectivity index (χ1n) is 19.6. The van der Waals surface area contributed by atoms with Gasteiger partial charge in [0, 0.05) is 30.7 Å². The van der Waals surface area contributed by atoms with Crippen LogP contribution in [0.25, 0.3) is 0 Å². The zero-order valence-corrected chi connectivity index (χ0v) is 31.3. The van der Waals surface area contributed by atoms with Crippen LogP contribution in [0.15, 0.2) is 11.1 Å². The van der Waals surface area contributed by atoms with Crippen molar-refractivity contribution in [3.05, 3.63) is 11.1 Å². The van der Waals surface area contributed by atoms with Gasteiger partial charge in [0.25, 0.3) is 0 Å². The van der Waals surface area contributed by atoms with E-state index in [1.807, 2.05) is 6.92 Å². The molecule has 0 aliphatic heterocycles. The number of fused-ring (bicyclic) bond motifs is 7. The quantitative estimate of drug-likeness (QED) is 0.104. The van der Waals surface area contributed by atoms with Gasteiger partial charge in [0.2, 0.25) is 6.41 Å². The van der Waals surface area contributed by atoms with Gasteiger partial charge in [-0.3, -0.25) is 19.2 Å². The standard InChI is InChI=1S/C41H64N2O6/c1-23(2)35-31(46)20-41(16-17-42-21-34(47)43-22-44)15-11-29-26(36(35)41)8-9-33-39(29,6)14-12-32-38(4,5)25(10-13-40(32,33)7)18-30(45)27-19-28(24(27)3)37(48)49/h22-29,32-34,42,47H,8-21H2,1-7H3,(H,43,44)(H,48,49). The highest BCUT2D eigenvalue weighted by molar-refractivity contribution is 6.00. The van der Waals surface area contributed by atoms with Gasteiger partial charge >= 0.3 is 5.97 Å². The van der Waals surface area contributed by atoms with E-state index in [9.17, 15) is 29.4 Å². The second-order valence-corrected chi connectivity index (χ2v) is 19.0. The zero-order valence-electron chi connectivity index (χ0n) is 31.3. The molecule has 8 heteroatoms. The highest BCUT2D eigenvalue weighted by Crippen LogP contribution is 2.73. The number of carbonyl (C=O) groups is 4. The number of carbonyl (C=O) groups excluding carboxylic acids is 3. The molecule has 274 valence electrons. The molecule has 0 saturated heterocycles. The Hall–Kier alpha value is -2.06. The second-order valence-electron chi connectivity index (χ2n) is 19.0. The van der Waals surface area contributed by atoms with Gasteiger partial charge < -0.3 is 20.8 Å². The molecule has 8 nitrogen and oxygen atoms in total. The number of aliphatic hydroxyl groups is 1. The molecule has 0 radical (unpaired) electrons. The van der Waals surface area contributed by atoms with Crippen molar-refractivity contribution in [2.24, 2.45) is 74.9 Å². The van der Waals surface area contributed by atoms with E-state index in [0.29, 0.717) is 79.9 Å². The van der Waals surface area contributed by atoms with Gasteiger partial charge in [-0.15, -0.1) is 0 Å². The Morgan fingerprint density at radius 3 is 2.33 bits per heavy atom. The molecule has 6 aliphatic carbocycles. The van der Waals surface area contributed by atoms with Gasteiger partial charge in [0.1, 0.15) is 12.0 Å². The van der Waals surface area contributed by atoms with Gasteiger partial charge in [0.05, 0.1) is 5.92 Å². The Morgan fingerprint density at radius 2 is 1.67 bits per heavy atom. The lowest BCUT2D eigenvalue weighted by Crippen LogP contribution is -2.62. The number of aliphatic hydroxyl groups excluding tert-OH is 1. The fourth-order valence-electron chi connectivity index (χ4n) is 13.8. The first-order chi connectivity index (χ1) is 23.0. The molecule has 0 heterocycles. The summed E-state index contributed by atoms with van der Waals surface area (Å²) in [6.07, 6.45) is 11.4. The van der Waals surface area contributed by atoms with Crippen LogP contribution in [0.3, 0.4) is 0 Å². The highest BCUT2D eigenvalue weighted by atomic mass is 16.4. The van der Waals surface area contributed by atoms with Crippen molar-refractivity contribution in [3.63, 3.8) is 0 Å². The predicted octanol–water partition coefficient (Wildman–Crippen LogP) is 6.55. The van der Waals surface area contributed by atoms with Gasteiger partial charge in [-0.25, -0.2) is 0 Å².